The summed E-state index contributed by atoms with van der Waals surface area (Å²) in [5.41, 5.74) is 2.65. The highest BCUT2D eigenvalue weighted by molar-refractivity contribution is 6.23. The van der Waals surface area contributed by atoms with E-state index in [0.29, 0.717) is 0 Å². The molecular weight excluding hydrogens is 274 g/mol. The van der Waals surface area contributed by atoms with Crippen LogP contribution in [0.4, 0.5) is 5.69 Å². The minimum absolute atomic E-state index is 0.0544. The minimum atomic E-state index is -0.285. The molecule has 3 rings (SSSR count). The molecule has 1 saturated heterocycles. The van der Waals surface area contributed by atoms with Crippen LogP contribution in [0.15, 0.2) is 43.5 Å². The van der Waals surface area contributed by atoms with Crippen LogP contribution < -0.4 is 4.90 Å². The quantitative estimate of drug-likeness (QED) is 0.633. The summed E-state index contributed by atoms with van der Waals surface area (Å²) >= 11 is 0. The van der Waals surface area contributed by atoms with Gasteiger partial charge in [-0.2, -0.15) is 0 Å². The van der Waals surface area contributed by atoms with Gasteiger partial charge < -0.3 is 0 Å². The third-order valence-corrected chi connectivity index (χ3v) is 5.13. The van der Waals surface area contributed by atoms with Crippen LogP contribution in [0.5, 0.6) is 0 Å². The molecule has 4 atom stereocenters. The first-order chi connectivity index (χ1) is 10.5. The topological polar surface area (TPSA) is 37.4 Å². The number of fused-ring (bicyclic) bond motifs is 1. The van der Waals surface area contributed by atoms with Crippen molar-refractivity contribution in [1.82, 2.24) is 0 Å². The first-order valence-corrected chi connectivity index (χ1v) is 7.70. The molecule has 0 spiro atoms. The predicted octanol–water partition coefficient (Wildman–Crippen LogP) is 3.42. The highest BCUT2D eigenvalue weighted by Gasteiger charge is 2.57. The Balaban J connectivity index is 2.10. The molecule has 0 radical (unpaired) electrons. The highest BCUT2D eigenvalue weighted by atomic mass is 16.2. The lowest BCUT2D eigenvalue weighted by atomic mass is 9.89. The molecule has 2 aliphatic rings. The first kappa shape index (κ1) is 14.8. The van der Waals surface area contributed by atoms with Crippen molar-refractivity contribution in [3.63, 3.8) is 0 Å². The lowest BCUT2D eigenvalue weighted by Gasteiger charge is -2.22. The number of hydrogen-bond acceptors (Lipinski definition) is 2. The summed E-state index contributed by atoms with van der Waals surface area (Å²) in [6, 6.07) is 5.82. The molecule has 1 aromatic rings. The number of carbonyl (C=O) groups is 2. The Hall–Kier alpha value is -2.16. The number of amides is 2. The van der Waals surface area contributed by atoms with E-state index in [4.69, 9.17) is 0 Å². The molecule has 1 aliphatic heterocycles. The maximum atomic E-state index is 13.0. The summed E-state index contributed by atoms with van der Waals surface area (Å²) in [6.07, 6.45) is 4.43. The number of benzene rings is 1. The third-order valence-electron chi connectivity index (χ3n) is 5.13. The van der Waals surface area contributed by atoms with Gasteiger partial charge in [0.25, 0.3) is 0 Å². The zero-order chi connectivity index (χ0) is 16.0. The summed E-state index contributed by atoms with van der Waals surface area (Å²) in [5.74, 6) is -0.625. The van der Waals surface area contributed by atoms with Gasteiger partial charge in [-0.25, -0.2) is 4.90 Å². The van der Waals surface area contributed by atoms with Crippen LogP contribution in [-0.2, 0) is 9.59 Å². The van der Waals surface area contributed by atoms with Gasteiger partial charge in [-0.3, -0.25) is 9.59 Å². The first-order valence-electron chi connectivity index (χ1n) is 7.70. The average molecular weight is 295 g/mol. The molecule has 1 aromatic carbocycles. The molecule has 2 amide bonds. The summed E-state index contributed by atoms with van der Waals surface area (Å²) in [6.45, 7) is 11.6. The molecule has 2 fully saturated rings. The van der Waals surface area contributed by atoms with Crippen molar-refractivity contribution in [1.29, 1.82) is 0 Å². The van der Waals surface area contributed by atoms with Crippen molar-refractivity contribution in [2.45, 2.75) is 20.3 Å². The fraction of sp³-hybridized carbons (Fsp3) is 0.368. The largest absolute Gasteiger partial charge is 0.274 e. The number of imide groups is 1. The Bertz CT molecular complexity index is 624. The van der Waals surface area contributed by atoms with Crippen LogP contribution >= 0.6 is 0 Å². The molecule has 0 aromatic heterocycles. The van der Waals surface area contributed by atoms with Crippen molar-refractivity contribution in [2.75, 3.05) is 4.90 Å². The van der Waals surface area contributed by atoms with Gasteiger partial charge in [-0.05, 0) is 43.2 Å². The van der Waals surface area contributed by atoms with E-state index in [-0.39, 0.29) is 35.5 Å². The number of hydrogen-bond donors (Lipinski definition) is 0. The lowest BCUT2D eigenvalue weighted by Crippen LogP contribution is -2.34. The standard InChI is InChI=1S/C19H21NO2/c1-5-13-10-14(6-2)16-15(13)18(21)20(19(16)22)17-11(3)8-7-9-12(17)4/h5-9,13-16H,1-2,10H2,3-4H3. The number of para-hydroxylation sites is 1. The molecule has 3 heteroatoms. The molecule has 4 unspecified atom stereocenters. The highest BCUT2D eigenvalue weighted by Crippen LogP contribution is 2.50. The summed E-state index contributed by atoms with van der Waals surface area (Å²) < 4.78 is 0. The van der Waals surface area contributed by atoms with E-state index in [1.807, 2.05) is 44.2 Å². The van der Waals surface area contributed by atoms with E-state index in [9.17, 15) is 9.59 Å². The maximum Gasteiger partial charge on any atom is 0.238 e. The van der Waals surface area contributed by atoms with Crippen LogP contribution in [0.3, 0.4) is 0 Å². The Kier molecular flexibility index (Phi) is 3.51. The van der Waals surface area contributed by atoms with Crippen molar-refractivity contribution < 1.29 is 9.59 Å². The van der Waals surface area contributed by atoms with Gasteiger partial charge in [0.15, 0.2) is 0 Å². The number of nitrogens with zero attached hydrogens (tertiary/aromatic N) is 1. The molecule has 114 valence electrons. The van der Waals surface area contributed by atoms with Crippen LogP contribution in [0, 0.1) is 37.5 Å². The van der Waals surface area contributed by atoms with Gasteiger partial charge in [-0.1, -0.05) is 30.4 Å². The number of allylic oxidation sites excluding steroid dienone is 2. The fourth-order valence-corrected chi connectivity index (χ4v) is 4.08. The van der Waals surface area contributed by atoms with Crippen LogP contribution in [0.25, 0.3) is 0 Å². The van der Waals surface area contributed by atoms with Gasteiger partial charge >= 0.3 is 0 Å². The Labute approximate surface area is 131 Å². The second-order valence-corrected chi connectivity index (χ2v) is 6.34. The second kappa shape index (κ2) is 5.24. The Morgan fingerprint density at radius 1 is 1.00 bits per heavy atom. The molecular formula is C19H21NO2. The third kappa shape index (κ3) is 1.88. The lowest BCUT2D eigenvalue weighted by molar-refractivity contribution is -0.123. The van der Waals surface area contributed by atoms with Gasteiger partial charge in [0.1, 0.15) is 0 Å². The average Bonchev–Trinajstić information content (AvgIpc) is 2.98. The van der Waals surface area contributed by atoms with Crippen LogP contribution in [0.1, 0.15) is 17.5 Å². The van der Waals surface area contributed by atoms with Crippen molar-refractivity contribution >= 4 is 17.5 Å². The van der Waals surface area contributed by atoms with Crippen molar-refractivity contribution in [3.05, 3.63) is 54.6 Å². The van der Waals surface area contributed by atoms with E-state index in [1.165, 1.54) is 4.90 Å². The predicted molar refractivity (Wildman–Crippen MR) is 87.4 cm³/mol. The summed E-state index contributed by atoms with van der Waals surface area (Å²) in [4.78, 5) is 27.3. The Morgan fingerprint density at radius 3 is 1.86 bits per heavy atom. The van der Waals surface area contributed by atoms with Gasteiger partial charge in [0, 0.05) is 0 Å². The Morgan fingerprint density at radius 2 is 1.45 bits per heavy atom. The van der Waals surface area contributed by atoms with Gasteiger partial charge in [0.05, 0.1) is 17.5 Å². The number of aryl methyl sites for hydroxylation is 2. The van der Waals surface area contributed by atoms with E-state index < -0.39 is 0 Å². The SMILES string of the molecule is C=CC1CC(C=C)C2C(=O)N(c3c(C)cccc3C)C(=O)C12. The van der Waals surface area contributed by atoms with Gasteiger partial charge in [-0.15, -0.1) is 13.2 Å². The molecule has 3 nitrogen and oxygen atoms in total. The fourth-order valence-electron chi connectivity index (χ4n) is 4.08. The molecule has 0 bridgehead atoms. The van der Waals surface area contributed by atoms with Crippen molar-refractivity contribution in [3.8, 4) is 0 Å². The zero-order valence-electron chi connectivity index (χ0n) is 13.1. The zero-order valence-corrected chi connectivity index (χ0v) is 13.1. The van der Waals surface area contributed by atoms with E-state index in [0.717, 1.165) is 23.2 Å². The van der Waals surface area contributed by atoms with Crippen LogP contribution in [-0.4, -0.2) is 11.8 Å². The molecule has 0 N–H and O–H groups in total. The van der Waals surface area contributed by atoms with Crippen LogP contribution in [0.2, 0.25) is 0 Å². The molecule has 22 heavy (non-hydrogen) atoms. The number of rotatable bonds is 3. The maximum absolute atomic E-state index is 13.0. The summed E-state index contributed by atoms with van der Waals surface area (Å²) in [5, 5.41) is 0. The van der Waals surface area contributed by atoms with E-state index in [1.54, 1.807) is 0 Å². The van der Waals surface area contributed by atoms with Crippen molar-refractivity contribution in [2.24, 2.45) is 23.7 Å². The number of anilines is 1. The minimum Gasteiger partial charge on any atom is -0.274 e. The number of carbonyl (C=O) groups excluding carboxylic acids is 2. The summed E-state index contributed by atoms with van der Waals surface area (Å²) in [7, 11) is 0. The molecule has 1 saturated carbocycles. The normalized spacial score (nSPS) is 30.5. The van der Waals surface area contributed by atoms with Gasteiger partial charge in [0.2, 0.25) is 11.8 Å². The molecule has 1 heterocycles. The molecule has 1 aliphatic carbocycles. The second-order valence-electron chi connectivity index (χ2n) is 6.34. The smallest absolute Gasteiger partial charge is 0.238 e. The van der Waals surface area contributed by atoms with E-state index >= 15 is 0 Å². The monoisotopic (exact) mass is 295 g/mol. The van der Waals surface area contributed by atoms with E-state index in [2.05, 4.69) is 13.2 Å².